The van der Waals surface area contributed by atoms with Gasteiger partial charge in [-0.2, -0.15) is 0 Å². The van der Waals surface area contributed by atoms with Crippen molar-refractivity contribution >= 4 is 17.5 Å². The quantitative estimate of drug-likeness (QED) is 0.798. The minimum atomic E-state index is -0.393. The lowest BCUT2D eigenvalue weighted by Gasteiger charge is -2.46. The van der Waals surface area contributed by atoms with Crippen LogP contribution in [0.25, 0.3) is 0 Å². The first-order valence-electron chi connectivity index (χ1n) is 9.20. The minimum Gasteiger partial charge on any atom is -0.337 e. The molecular weight excluding hydrogens is 364 g/mol. The van der Waals surface area contributed by atoms with Crippen LogP contribution in [0.4, 0.5) is 14.5 Å². The number of carbonyl (C=O) groups is 2. The second-order valence-corrected chi connectivity index (χ2v) is 7.52. The molecule has 2 aliphatic heterocycles. The zero-order valence-corrected chi connectivity index (χ0v) is 15.6. The summed E-state index contributed by atoms with van der Waals surface area (Å²) >= 11 is 0. The smallest absolute Gasteiger partial charge is 0.253 e. The topological polar surface area (TPSA) is 43.9 Å². The fraction of sp³-hybridized carbons (Fsp3) is 0.333. The summed E-state index contributed by atoms with van der Waals surface area (Å²) in [7, 11) is 1.88. The maximum Gasteiger partial charge on any atom is 0.253 e. The lowest BCUT2D eigenvalue weighted by molar-refractivity contribution is -0.123. The van der Waals surface area contributed by atoms with Crippen LogP contribution in [0, 0.1) is 11.6 Å². The van der Waals surface area contributed by atoms with E-state index in [9.17, 15) is 18.4 Å². The number of anilines is 1. The Hall–Kier alpha value is -2.80. The van der Waals surface area contributed by atoms with E-state index in [0.717, 1.165) is 0 Å². The van der Waals surface area contributed by atoms with Crippen LogP contribution in [0.5, 0.6) is 0 Å². The Balaban J connectivity index is 1.56. The molecule has 2 aromatic carbocycles. The number of hydrogen-bond donors (Lipinski definition) is 0. The predicted octanol–water partition coefficient (Wildman–Crippen LogP) is 2.53. The molecule has 0 aromatic heterocycles. The Labute approximate surface area is 162 Å². The van der Waals surface area contributed by atoms with Gasteiger partial charge >= 0.3 is 0 Å². The van der Waals surface area contributed by atoms with Gasteiger partial charge in [0.1, 0.15) is 11.6 Å². The summed E-state index contributed by atoms with van der Waals surface area (Å²) in [5.74, 6) is -1.02. The first-order chi connectivity index (χ1) is 13.4. The van der Waals surface area contributed by atoms with Gasteiger partial charge in [0.05, 0.1) is 12.1 Å². The van der Waals surface area contributed by atoms with Gasteiger partial charge in [-0.1, -0.05) is 6.07 Å². The molecule has 28 heavy (non-hydrogen) atoms. The Kier molecular flexibility index (Phi) is 4.63. The number of nitrogens with zero attached hydrogens (tertiary/aromatic N) is 3. The van der Waals surface area contributed by atoms with E-state index in [1.807, 2.05) is 11.9 Å². The van der Waals surface area contributed by atoms with E-state index in [1.165, 1.54) is 36.4 Å². The number of halogens is 2. The molecule has 2 aromatic rings. The second kappa shape index (κ2) is 6.98. The van der Waals surface area contributed by atoms with Gasteiger partial charge in [-0.3, -0.25) is 14.5 Å². The van der Waals surface area contributed by atoms with Crippen LogP contribution in [-0.4, -0.2) is 60.4 Å². The highest BCUT2D eigenvalue weighted by molar-refractivity contribution is 5.97. The molecule has 0 bridgehead atoms. The van der Waals surface area contributed by atoms with Gasteiger partial charge in [-0.05, 0) is 55.9 Å². The number of benzene rings is 2. The summed E-state index contributed by atoms with van der Waals surface area (Å²) in [6.45, 7) is 1.60. The molecule has 1 atom stereocenters. The molecule has 7 heteroatoms. The van der Waals surface area contributed by atoms with Gasteiger partial charge in [0.25, 0.3) is 5.91 Å². The highest BCUT2D eigenvalue weighted by atomic mass is 19.1. The highest BCUT2D eigenvalue weighted by Crippen LogP contribution is 2.34. The number of hydrogen-bond acceptors (Lipinski definition) is 3. The molecular formula is C21H21F2N3O2. The lowest BCUT2D eigenvalue weighted by atomic mass is 9.92. The standard InChI is InChI=1S/C21H21F2N3O2/c1-24-12-19(27)26(18-4-2-3-17(23)11-18)14-21(24)9-10-25(13-21)20(28)15-5-7-16(22)8-6-15/h2-8,11H,9-10,12-14H2,1H3/t21-/m1/s1. The molecule has 2 fully saturated rings. The van der Waals surface area contributed by atoms with Crippen molar-refractivity contribution in [1.82, 2.24) is 9.80 Å². The zero-order valence-electron chi connectivity index (χ0n) is 15.6. The van der Waals surface area contributed by atoms with Crippen molar-refractivity contribution < 1.29 is 18.4 Å². The fourth-order valence-corrected chi connectivity index (χ4v) is 4.08. The zero-order chi connectivity index (χ0) is 19.9. The summed E-state index contributed by atoms with van der Waals surface area (Å²) in [4.78, 5) is 30.7. The third-order valence-corrected chi connectivity index (χ3v) is 5.77. The van der Waals surface area contributed by atoms with Crippen LogP contribution < -0.4 is 4.90 Å². The summed E-state index contributed by atoms with van der Waals surface area (Å²) in [6, 6.07) is 11.5. The molecule has 2 amide bonds. The van der Waals surface area contributed by atoms with E-state index < -0.39 is 11.4 Å². The van der Waals surface area contributed by atoms with Crippen molar-refractivity contribution in [3.8, 4) is 0 Å². The molecule has 1 spiro atoms. The molecule has 0 aliphatic carbocycles. The molecule has 0 unspecified atom stereocenters. The van der Waals surface area contributed by atoms with Gasteiger partial charge in [0.2, 0.25) is 5.91 Å². The van der Waals surface area contributed by atoms with Crippen LogP contribution in [0.3, 0.4) is 0 Å². The van der Waals surface area contributed by atoms with Gasteiger partial charge in [0, 0.05) is 30.9 Å². The van der Waals surface area contributed by atoms with Crippen molar-refractivity contribution in [3.63, 3.8) is 0 Å². The number of rotatable bonds is 2. The third kappa shape index (κ3) is 3.26. The summed E-state index contributed by atoms with van der Waals surface area (Å²) in [5, 5.41) is 0. The van der Waals surface area contributed by atoms with Gasteiger partial charge in [0.15, 0.2) is 0 Å². The molecule has 2 heterocycles. The number of likely N-dealkylation sites (tertiary alicyclic amines) is 1. The first kappa shape index (κ1) is 18.6. The minimum absolute atomic E-state index is 0.0953. The van der Waals surface area contributed by atoms with E-state index in [-0.39, 0.29) is 24.2 Å². The summed E-state index contributed by atoms with van der Waals surface area (Å²) < 4.78 is 26.8. The molecule has 146 valence electrons. The molecule has 5 nitrogen and oxygen atoms in total. The van der Waals surface area contributed by atoms with Crippen LogP contribution in [0.2, 0.25) is 0 Å². The number of amides is 2. The molecule has 2 saturated heterocycles. The van der Waals surface area contributed by atoms with E-state index in [0.29, 0.717) is 37.3 Å². The summed E-state index contributed by atoms with van der Waals surface area (Å²) in [6.07, 6.45) is 0.704. The van der Waals surface area contributed by atoms with Crippen LogP contribution in [0.1, 0.15) is 16.8 Å². The van der Waals surface area contributed by atoms with Gasteiger partial charge in [-0.15, -0.1) is 0 Å². The normalized spacial score (nSPS) is 22.9. The van der Waals surface area contributed by atoms with Crippen molar-refractivity contribution in [2.45, 2.75) is 12.0 Å². The average molecular weight is 385 g/mol. The van der Waals surface area contributed by atoms with Crippen LogP contribution >= 0.6 is 0 Å². The van der Waals surface area contributed by atoms with Crippen molar-refractivity contribution in [2.75, 3.05) is 38.1 Å². The van der Waals surface area contributed by atoms with Crippen LogP contribution in [0.15, 0.2) is 48.5 Å². The largest absolute Gasteiger partial charge is 0.337 e. The first-order valence-corrected chi connectivity index (χ1v) is 9.20. The van der Waals surface area contributed by atoms with Crippen molar-refractivity contribution in [2.24, 2.45) is 0 Å². The maximum atomic E-state index is 13.7. The van der Waals surface area contributed by atoms with Crippen LogP contribution in [-0.2, 0) is 4.79 Å². The summed E-state index contributed by atoms with van der Waals surface area (Å²) in [5.41, 5.74) is 0.575. The Morgan fingerprint density at radius 3 is 2.50 bits per heavy atom. The number of piperazine rings is 1. The second-order valence-electron chi connectivity index (χ2n) is 7.52. The SMILES string of the molecule is CN1CC(=O)N(c2cccc(F)c2)C[C@]12CCN(C(=O)c1ccc(F)cc1)C2. The Bertz CT molecular complexity index is 918. The highest BCUT2D eigenvalue weighted by Gasteiger charge is 2.48. The predicted molar refractivity (Wildman–Crippen MR) is 101 cm³/mol. The van der Waals surface area contributed by atoms with E-state index >= 15 is 0 Å². The Morgan fingerprint density at radius 2 is 1.79 bits per heavy atom. The van der Waals surface area contributed by atoms with E-state index in [2.05, 4.69) is 0 Å². The lowest BCUT2D eigenvalue weighted by Crippen LogP contribution is -2.64. The molecule has 4 rings (SSSR count). The number of carbonyl (C=O) groups excluding carboxylic acids is 2. The monoisotopic (exact) mass is 385 g/mol. The maximum absolute atomic E-state index is 13.7. The van der Waals surface area contributed by atoms with Crippen molar-refractivity contribution in [3.05, 3.63) is 65.7 Å². The average Bonchev–Trinajstić information content (AvgIpc) is 3.10. The van der Waals surface area contributed by atoms with E-state index in [1.54, 1.807) is 21.9 Å². The third-order valence-electron chi connectivity index (χ3n) is 5.77. The molecule has 0 saturated carbocycles. The Morgan fingerprint density at radius 1 is 1.04 bits per heavy atom. The van der Waals surface area contributed by atoms with Gasteiger partial charge < -0.3 is 9.80 Å². The molecule has 0 N–H and O–H groups in total. The fourth-order valence-electron chi connectivity index (χ4n) is 4.08. The van der Waals surface area contributed by atoms with Crippen molar-refractivity contribution in [1.29, 1.82) is 0 Å². The molecule has 0 radical (unpaired) electrons. The molecule has 2 aliphatic rings. The number of likely N-dealkylation sites (N-methyl/N-ethyl adjacent to an activating group) is 1. The van der Waals surface area contributed by atoms with Gasteiger partial charge in [-0.25, -0.2) is 8.78 Å². The van der Waals surface area contributed by atoms with E-state index in [4.69, 9.17) is 0 Å².